The number of sulfonamides is 1. The van der Waals surface area contributed by atoms with Gasteiger partial charge in [-0.15, -0.1) is 0 Å². The number of halogens is 1. The van der Waals surface area contributed by atoms with Gasteiger partial charge in [0.25, 0.3) is 0 Å². The predicted molar refractivity (Wildman–Crippen MR) is 69.1 cm³/mol. The zero-order chi connectivity index (χ0) is 14.5. The molecule has 0 spiro atoms. The highest BCUT2D eigenvalue weighted by Crippen LogP contribution is 2.20. The van der Waals surface area contributed by atoms with Crippen LogP contribution in [-0.2, 0) is 10.0 Å². The Morgan fingerprint density at radius 3 is 2.68 bits per heavy atom. The van der Waals surface area contributed by atoms with E-state index < -0.39 is 21.9 Å². The molecule has 0 aliphatic carbocycles. The van der Waals surface area contributed by atoms with Gasteiger partial charge in [-0.25, -0.2) is 17.5 Å². The topological polar surface area (TPSA) is 75.6 Å². The fraction of sp³-hybridized carbons (Fsp3) is 0.500. The molecule has 0 amide bonds. The molecular formula is C12H18FNO4S. The van der Waals surface area contributed by atoms with Gasteiger partial charge >= 0.3 is 0 Å². The lowest BCUT2D eigenvalue weighted by molar-refractivity contribution is 0.182. The highest BCUT2D eigenvalue weighted by Gasteiger charge is 2.16. The maximum Gasteiger partial charge on any atom is 0.240 e. The Labute approximate surface area is 112 Å². The van der Waals surface area contributed by atoms with E-state index in [-0.39, 0.29) is 17.2 Å². The molecule has 1 rings (SSSR count). The van der Waals surface area contributed by atoms with Crippen LogP contribution in [0.3, 0.4) is 0 Å². The average molecular weight is 291 g/mol. The van der Waals surface area contributed by atoms with Crippen molar-refractivity contribution < 1.29 is 22.7 Å². The fourth-order valence-electron chi connectivity index (χ4n) is 1.50. The third kappa shape index (κ3) is 4.77. The summed E-state index contributed by atoms with van der Waals surface area (Å²) in [7, 11) is -2.43. The summed E-state index contributed by atoms with van der Waals surface area (Å²) in [4.78, 5) is -0.150. The summed E-state index contributed by atoms with van der Waals surface area (Å²) in [5.74, 6) is -0.734. The van der Waals surface area contributed by atoms with Crippen LogP contribution in [0.2, 0.25) is 0 Å². The minimum Gasteiger partial charge on any atom is -0.494 e. The van der Waals surface area contributed by atoms with Crippen LogP contribution in [0.25, 0.3) is 0 Å². The largest absolute Gasteiger partial charge is 0.494 e. The minimum atomic E-state index is -3.73. The number of ether oxygens (including phenoxy) is 1. The summed E-state index contributed by atoms with van der Waals surface area (Å²) in [6.45, 7) is 1.83. The van der Waals surface area contributed by atoms with Gasteiger partial charge in [0, 0.05) is 6.54 Å². The number of nitrogens with one attached hydrogen (secondary N) is 1. The van der Waals surface area contributed by atoms with Crippen molar-refractivity contribution in [2.45, 2.75) is 30.8 Å². The quantitative estimate of drug-likeness (QED) is 0.742. The lowest BCUT2D eigenvalue weighted by atomic mass is 10.2. The molecule has 0 aromatic heterocycles. The number of hydrogen-bond donors (Lipinski definition) is 2. The Bertz CT molecular complexity index is 516. The molecule has 0 aliphatic heterocycles. The SMILES string of the molecule is COc1ccc(S(=O)(=O)NCCCC(C)O)cc1F. The van der Waals surface area contributed by atoms with Crippen LogP contribution in [0.15, 0.2) is 23.1 Å². The first kappa shape index (κ1) is 15.9. The average Bonchev–Trinajstić information content (AvgIpc) is 2.34. The molecule has 2 N–H and O–H groups in total. The van der Waals surface area contributed by atoms with Crippen LogP contribution in [0.4, 0.5) is 4.39 Å². The molecule has 0 heterocycles. The van der Waals surface area contributed by atoms with Crippen LogP contribution in [-0.4, -0.2) is 33.3 Å². The lowest BCUT2D eigenvalue weighted by Gasteiger charge is -2.09. The molecule has 1 atom stereocenters. The van der Waals surface area contributed by atoms with Gasteiger partial charge in [-0.1, -0.05) is 0 Å². The van der Waals surface area contributed by atoms with Gasteiger partial charge in [-0.2, -0.15) is 0 Å². The number of methoxy groups -OCH3 is 1. The molecule has 7 heteroatoms. The van der Waals surface area contributed by atoms with Crippen molar-refractivity contribution in [3.63, 3.8) is 0 Å². The maximum atomic E-state index is 13.4. The van der Waals surface area contributed by atoms with Crippen molar-refractivity contribution >= 4 is 10.0 Å². The first-order valence-electron chi connectivity index (χ1n) is 5.88. The summed E-state index contributed by atoms with van der Waals surface area (Å²) in [5.41, 5.74) is 0. The van der Waals surface area contributed by atoms with E-state index in [0.29, 0.717) is 12.8 Å². The number of aliphatic hydroxyl groups is 1. The van der Waals surface area contributed by atoms with Gasteiger partial charge in [0.15, 0.2) is 11.6 Å². The van der Waals surface area contributed by atoms with E-state index in [1.807, 2.05) is 0 Å². The molecule has 1 aromatic rings. The highest BCUT2D eigenvalue weighted by molar-refractivity contribution is 7.89. The van der Waals surface area contributed by atoms with Crippen molar-refractivity contribution in [3.8, 4) is 5.75 Å². The highest BCUT2D eigenvalue weighted by atomic mass is 32.2. The molecule has 5 nitrogen and oxygen atoms in total. The number of aliphatic hydroxyl groups excluding tert-OH is 1. The van der Waals surface area contributed by atoms with E-state index >= 15 is 0 Å². The van der Waals surface area contributed by atoms with Gasteiger partial charge in [0.2, 0.25) is 10.0 Å². The standard InChI is InChI=1S/C12H18FNO4S/c1-9(15)4-3-7-14-19(16,17)10-5-6-12(18-2)11(13)8-10/h5-6,8-9,14-15H,3-4,7H2,1-2H3. The Hall–Kier alpha value is -1.18. The van der Waals surface area contributed by atoms with E-state index in [0.717, 1.165) is 6.07 Å². The van der Waals surface area contributed by atoms with Crippen molar-refractivity contribution in [3.05, 3.63) is 24.0 Å². The number of benzene rings is 1. The van der Waals surface area contributed by atoms with Gasteiger partial charge in [0.1, 0.15) is 0 Å². The van der Waals surface area contributed by atoms with Crippen molar-refractivity contribution in [1.82, 2.24) is 4.72 Å². The lowest BCUT2D eigenvalue weighted by Crippen LogP contribution is -2.25. The van der Waals surface area contributed by atoms with E-state index in [1.165, 1.54) is 19.2 Å². The minimum absolute atomic E-state index is 0.00643. The maximum absolute atomic E-state index is 13.4. The van der Waals surface area contributed by atoms with E-state index in [2.05, 4.69) is 4.72 Å². The monoisotopic (exact) mass is 291 g/mol. The molecule has 0 radical (unpaired) electrons. The van der Waals surface area contributed by atoms with E-state index in [4.69, 9.17) is 9.84 Å². The second-order valence-corrected chi connectivity index (χ2v) is 5.95. The van der Waals surface area contributed by atoms with Gasteiger partial charge in [0.05, 0.1) is 18.1 Å². The summed E-state index contributed by atoms with van der Waals surface area (Å²) < 4.78 is 44.2. The first-order chi connectivity index (χ1) is 8.86. The molecule has 0 saturated heterocycles. The van der Waals surface area contributed by atoms with Crippen molar-refractivity contribution in [2.75, 3.05) is 13.7 Å². The Kier molecular flexibility index (Phi) is 5.71. The summed E-state index contributed by atoms with van der Waals surface area (Å²) in [6.07, 6.45) is 0.539. The molecule has 1 aromatic carbocycles. The summed E-state index contributed by atoms with van der Waals surface area (Å²) >= 11 is 0. The molecule has 0 bridgehead atoms. The van der Waals surface area contributed by atoms with Gasteiger partial charge in [-0.05, 0) is 38.0 Å². The zero-order valence-corrected chi connectivity index (χ0v) is 11.7. The number of hydrogen-bond acceptors (Lipinski definition) is 4. The van der Waals surface area contributed by atoms with E-state index in [9.17, 15) is 12.8 Å². The van der Waals surface area contributed by atoms with Gasteiger partial charge in [-0.3, -0.25) is 0 Å². The summed E-state index contributed by atoms with van der Waals surface area (Å²) in [6, 6.07) is 3.45. The Balaban J connectivity index is 2.69. The van der Waals surface area contributed by atoms with Crippen LogP contribution in [0.1, 0.15) is 19.8 Å². The number of rotatable bonds is 7. The fourth-order valence-corrected chi connectivity index (χ4v) is 2.59. The zero-order valence-electron chi connectivity index (χ0n) is 10.9. The predicted octanol–water partition coefficient (Wildman–Crippen LogP) is 1.27. The van der Waals surface area contributed by atoms with Crippen molar-refractivity contribution in [1.29, 1.82) is 0 Å². The molecule has 1 unspecified atom stereocenters. The van der Waals surface area contributed by atoms with Crippen LogP contribution < -0.4 is 9.46 Å². The molecule has 0 aliphatic rings. The molecule has 0 fully saturated rings. The van der Waals surface area contributed by atoms with Crippen LogP contribution in [0.5, 0.6) is 5.75 Å². The molecular weight excluding hydrogens is 273 g/mol. The third-order valence-corrected chi connectivity index (χ3v) is 3.98. The second-order valence-electron chi connectivity index (χ2n) is 4.19. The Morgan fingerprint density at radius 2 is 2.16 bits per heavy atom. The summed E-state index contributed by atoms with van der Waals surface area (Å²) in [5, 5.41) is 9.05. The first-order valence-corrected chi connectivity index (χ1v) is 7.36. The van der Waals surface area contributed by atoms with Crippen LogP contribution >= 0.6 is 0 Å². The normalized spacial score (nSPS) is 13.3. The van der Waals surface area contributed by atoms with Crippen molar-refractivity contribution in [2.24, 2.45) is 0 Å². The molecule has 108 valence electrons. The van der Waals surface area contributed by atoms with E-state index in [1.54, 1.807) is 6.92 Å². The Morgan fingerprint density at radius 1 is 1.47 bits per heavy atom. The third-order valence-electron chi connectivity index (χ3n) is 2.52. The molecule has 19 heavy (non-hydrogen) atoms. The second kappa shape index (κ2) is 6.83. The smallest absolute Gasteiger partial charge is 0.240 e. The molecule has 0 saturated carbocycles. The van der Waals surface area contributed by atoms with Gasteiger partial charge < -0.3 is 9.84 Å². The van der Waals surface area contributed by atoms with Crippen LogP contribution in [0, 0.1) is 5.82 Å².